The molecule has 0 aliphatic rings. The molecule has 0 unspecified atom stereocenters. The topological polar surface area (TPSA) is 133 Å². The fourth-order valence-electron chi connectivity index (χ4n) is 4.88. The number of hydrogen-bond donors (Lipinski definition) is 3. The molecule has 0 radical (unpaired) electrons. The van der Waals surface area contributed by atoms with E-state index >= 15 is 0 Å². The van der Waals surface area contributed by atoms with Gasteiger partial charge < -0.3 is 9.88 Å². The van der Waals surface area contributed by atoms with Gasteiger partial charge in [-0.05, 0) is 67.7 Å². The van der Waals surface area contributed by atoms with Crippen LogP contribution >= 0.6 is 0 Å². The van der Waals surface area contributed by atoms with Crippen molar-refractivity contribution >= 4 is 32.0 Å². The molecule has 208 valence electrons. The Kier molecular flexibility index (Phi) is 6.81. The van der Waals surface area contributed by atoms with Gasteiger partial charge in [-0.1, -0.05) is 0 Å². The van der Waals surface area contributed by atoms with E-state index in [0.29, 0.717) is 22.5 Å². The summed E-state index contributed by atoms with van der Waals surface area (Å²) in [5.74, 6) is -0.482. The van der Waals surface area contributed by atoms with Gasteiger partial charge in [-0.15, -0.1) is 0 Å². The van der Waals surface area contributed by atoms with Crippen LogP contribution in [0.4, 0.5) is 4.39 Å². The molecule has 6 aromatic rings. The summed E-state index contributed by atoms with van der Waals surface area (Å²) in [6.45, 7) is 0.751. The molecule has 6 rings (SSSR count). The zero-order chi connectivity index (χ0) is 28.7. The van der Waals surface area contributed by atoms with E-state index in [2.05, 4.69) is 45.8 Å². The van der Waals surface area contributed by atoms with Crippen LogP contribution in [0.1, 0.15) is 11.1 Å². The fourth-order valence-corrected chi connectivity index (χ4v) is 5.31. The lowest BCUT2D eigenvalue weighted by Crippen LogP contribution is -2.21. The van der Waals surface area contributed by atoms with E-state index in [9.17, 15) is 12.8 Å². The van der Waals surface area contributed by atoms with Gasteiger partial charge in [-0.25, -0.2) is 22.5 Å². The zero-order valence-corrected chi connectivity index (χ0v) is 23.4. The van der Waals surface area contributed by atoms with Gasteiger partial charge in [0.2, 0.25) is 10.0 Å². The van der Waals surface area contributed by atoms with Gasteiger partial charge in [0.1, 0.15) is 5.82 Å². The van der Waals surface area contributed by atoms with E-state index in [-0.39, 0.29) is 6.54 Å². The second kappa shape index (κ2) is 10.5. The molecular formula is C29H27FN8O2S. The molecule has 41 heavy (non-hydrogen) atoms. The number of sulfonamides is 1. The average molecular weight is 571 g/mol. The Balaban J connectivity index is 1.40. The summed E-state index contributed by atoms with van der Waals surface area (Å²) >= 11 is 0. The lowest BCUT2D eigenvalue weighted by Gasteiger charge is -2.10. The van der Waals surface area contributed by atoms with E-state index in [4.69, 9.17) is 0 Å². The third-order valence-corrected chi connectivity index (χ3v) is 7.29. The Morgan fingerprint density at radius 3 is 2.54 bits per heavy atom. The largest absolute Gasteiger partial charge is 0.353 e. The third-order valence-electron chi connectivity index (χ3n) is 6.62. The number of rotatable bonds is 8. The number of aromatic nitrogens is 6. The number of benzene rings is 1. The van der Waals surface area contributed by atoms with Gasteiger partial charge in [0.15, 0.2) is 5.65 Å². The number of hydrogen-bond acceptors (Lipinski definition) is 7. The number of nitrogens with zero attached hydrogens (tertiary/aromatic N) is 5. The van der Waals surface area contributed by atoms with Crippen molar-refractivity contribution < 1.29 is 12.8 Å². The molecule has 12 heteroatoms. The second-order valence-electron chi connectivity index (χ2n) is 10.3. The molecule has 3 N–H and O–H groups in total. The standard InChI is InChI=1S/C29H27FN8O2S/c1-38(2)16-18-7-20(14-31-12-18)21-10-24-28(36-37-29(24)33-15-21)26-11-23-25(35-26)4-5-32-27(23)19-6-17(8-22(30)9-19)13-34-41(3,39)40/h4-12,14-15,34-35H,13,16H2,1-3H3,(H,33,36,37). The van der Waals surface area contributed by atoms with Gasteiger partial charge >= 0.3 is 0 Å². The number of nitrogens with one attached hydrogen (secondary N) is 3. The molecule has 0 aliphatic carbocycles. The molecule has 0 bridgehead atoms. The molecular weight excluding hydrogens is 543 g/mol. The minimum absolute atomic E-state index is 0.0268. The SMILES string of the molecule is CN(C)Cc1cncc(-c2cnc3n[nH]c(-c4cc5c(-c6cc(F)cc(CNS(C)(=O)=O)c6)nccc5[nH]4)c3c2)c1. The first-order chi connectivity index (χ1) is 19.6. The maximum atomic E-state index is 14.6. The van der Waals surface area contributed by atoms with Gasteiger partial charge in [0.05, 0.1) is 23.3 Å². The van der Waals surface area contributed by atoms with Gasteiger partial charge in [-0.2, -0.15) is 5.10 Å². The van der Waals surface area contributed by atoms with Crippen LogP contribution in [0.2, 0.25) is 0 Å². The molecule has 0 aliphatic heterocycles. The monoisotopic (exact) mass is 570 g/mol. The smallest absolute Gasteiger partial charge is 0.209 e. The number of H-pyrrole nitrogens is 2. The summed E-state index contributed by atoms with van der Waals surface area (Å²) < 4.78 is 40.1. The predicted octanol–water partition coefficient (Wildman–Crippen LogP) is 4.48. The van der Waals surface area contributed by atoms with Crippen LogP contribution in [0, 0.1) is 5.82 Å². The Bertz CT molecular complexity index is 2020. The molecule has 0 saturated heterocycles. The number of aromatic amines is 2. The maximum absolute atomic E-state index is 14.6. The van der Waals surface area contributed by atoms with Crippen LogP contribution in [-0.4, -0.2) is 63.8 Å². The first kappa shape index (κ1) is 26.7. The highest BCUT2D eigenvalue weighted by atomic mass is 32.2. The minimum atomic E-state index is -3.43. The molecule has 0 atom stereocenters. The van der Waals surface area contributed by atoms with Crippen LogP contribution in [0.3, 0.4) is 0 Å². The quantitative estimate of drug-likeness (QED) is 0.246. The van der Waals surface area contributed by atoms with Crippen LogP contribution in [0.5, 0.6) is 0 Å². The van der Waals surface area contributed by atoms with Crippen molar-refractivity contribution in [1.29, 1.82) is 0 Å². The lowest BCUT2D eigenvalue weighted by atomic mass is 10.0. The van der Waals surface area contributed by atoms with Crippen LogP contribution in [0.15, 0.2) is 67.3 Å². The van der Waals surface area contributed by atoms with Crippen molar-refractivity contribution in [3.63, 3.8) is 0 Å². The van der Waals surface area contributed by atoms with Crippen molar-refractivity contribution in [1.82, 2.24) is 39.8 Å². The minimum Gasteiger partial charge on any atom is -0.353 e. The van der Waals surface area contributed by atoms with E-state index < -0.39 is 15.8 Å². The Hall–Kier alpha value is -4.52. The molecule has 5 heterocycles. The second-order valence-corrected chi connectivity index (χ2v) is 12.1. The highest BCUT2D eigenvalue weighted by Crippen LogP contribution is 2.34. The molecule has 0 fully saturated rings. The fraction of sp³-hybridized carbons (Fsp3) is 0.172. The first-order valence-corrected chi connectivity index (χ1v) is 14.7. The summed E-state index contributed by atoms with van der Waals surface area (Å²) in [7, 11) is 0.605. The highest BCUT2D eigenvalue weighted by molar-refractivity contribution is 7.88. The molecule has 0 spiro atoms. The number of pyridine rings is 3. The summed E-state index contributed by atoms with van der Waals surface area (Å²) in [6.07, 6.45) is 8.18. The van der Waals surface area contributed by atoms with E-state index in [1.807, 2.05) is 44.7 Å². The normalized spacial score (nSPS) is 12.1. The summed E-state index contributed by atoms with van der Waals surface area (Å²) in [5, 5.41) is 9.12. The summed E-state index contributed by atoms with van der Waals surface area (Å²) in [5.41, 5.74) is 7.47. The van der Waals surface area contributed by atoms with Crippen molar-refractivity contribution in [2.24, 2.45) is 0 Å². The number of fused-ring (bicyclic) bond motifs is 2. The van der Waals surface area contributed by atoms with Crippen LogP contribution in [0.25, 0.3) is 55.7 Å². The Labute approximate surface area is 235 Å². The predicted molar refractivity (Wildman–Crippen MR) is 157 cm³/mol. The van der Waals surface area contributed by atoms with Gasteiger partial charge in [0.25, 0.3) is 0 Å². The Morgan fingerprint density at radius 2 is 1.73 bits per heavy atom. The van der Waals surface area contributed by atoms with Crippen LogP contribution < -0.4 is 4.72 Å². The van der Waals surface area contributed by atoms with Gasteiger partial charge in [-0.3, -0.25) is 15.1 Å². The zero-order valence-electron chi connectivity index (χ0n) is 22.6. The third kappa shape index (κ3) is 5.71. The van der Waals surface area contributed by atoms with E-state index in [1.165, 1.54) is 12.1 Å². The molecule has 10 nitrogen and oxygen atoms in total. The van der Waals surface area contributed by atoms with Gasteiger partial charge in [0, 0.05) is 70.9 Å². The van der Waals surface area contributed by atoms with Crippen molar-refractivity contribution in [3.8, 4) is 33.8 Å². The summed E-state index contributed by atoms with van der Waals surface area (Å²) in [4.78, 5) is 19.0. The van der Waals surface area contributed by atoms with E-state index in [1.54, 1.807) is 18.5 Å². The van der Waals surface area contributed by atoms with Crippen molar-refractivity contribution in [2.75, 3.05) is 20.4 Å². The molecule has 1 aromatic carbocycles. The first-order valence-electron chi connectivity index (χ1n) is 12.8. The maximum Gasteiger partial charge on any atom is 0.209 e. The van der Waals surface area contributed by atoms with Crippen molar-refractivity contribution in [2.45, 2.75) is 13.1 Å². The van der Waals surface area contributed by atoms with E-state index in [0.717, 1.165) is 57.2 Å². The summed E-state index contributed by atoms with van der Waals surface area (Å²) in [6, 6.07) is 12.4. The van der Waals surface area contributed by atoms with Crippen molar-refractivity contribution in [3.05, 3.63) is 84.2 Å². The Morgan fingerprint density at radius 1 is 0.927 bits per heavy atom. The average Bonchev–Trinajstić information content (AvgIpc) is 3.54. The molecule has 5 aromatic heterocycles. The molecule has 0 saturated carbocycles. The molecule has 0 amide bonds. The lowest BCUT2D eigenvalue weighted by molar-refractivity contribution is 0.402. The highest BCUT2D eigenvalue weighted by Gasteiger charge is 2.16. The number of halogens is 1. The van der Waals surface area contributed by atoms with Crippen LogP contribution in [-0.2, 0) is 23.1 Å².